The molecule has 2 heterocycles. The van der Waals surface area contributed by atoms with E-state index in [2.05, 4.69) is 20.9 Å². The predicted octanol–water partition coefficient (Wildman–Crippen LogP) is 1.92. The van der Waals surface area contributed by atoms with Crippen LogP contribution in [0.25, 0.3) is 0 Å². The summed E-state index contributed by atoms with van der Waals surface area (Å²) in [6.45, 7) is 2.04. The van der Waals surface area contributed by atoms with Crippen LogP contribution in [0.15, 0.2) is 22.8 Å². The highest BCUT2D eigenvalue weighted by Crippen LogP contribution is 2.30. The first-order valence-electron chi connectivity index (χ1n) is 5.62. The maximum atomic E-state index is 12.3. The smallest absolute Gasteiger partial charge is 0.329 e. The van der Waals surface area contributed by atoms with E-state index < -0.39 is 11.5 Å². The van der Waals surface area contributed by atoms with Gasteiger partial charge in [-0.2, -0.15) is 0 Å². The number of carbonyl (C=O) groups is 2. The van der Waals surface area contributed by atoms with Gasteiger partial charge in [0.15, 0.2) is 0 Å². The lowest BCUT2D eigenvalue weighted by Crippen LogP contribution is -2.50. The molecule has 5 nitrogen and oxygen atoms in total. The molecule has 1 unspecified atom stereocenters. The van der Waals surface area contributed by atoms with E-state index in [1.54, 1.807) is 19.1 Å². The van der Waals surface area contributed by atoms with Crippen molar-refractivity contribution in [1.82, 2.24) is 9.88 Å². The molecule has 2 rings (SSSR count). The van der Waals surface area contributed by atoms with E-state index >= 15 is 0 Å². The molecule has 1 aromatic rings. The lowest BCUT2D eigenvalue weighted by atomic mass is 9.99. The number of halogens is 1. The van der Waals surface area contributed by atoms with Gasteiger partial charge >= 0.3 is 5.97 Å². The largest absolute Gasteiger partial charge is 0.480 e. The van der Waals surface area contributed by atoms with Crippen molar-refractivity contribution in [3.05, 3.63) is 28.5 Å². The van der Waals surface area contributed by atoms with Crippen molar-refractivity contribution in [3.63, 3.8) is 0 Å². The Labute approximate surface area is 113 Å². The fraction of sp³-hybridized carbons (Fsp3) is 0.417. The Balaban J connectivity index is 2.28. The van der Waals surface area contributed by atoms with Crippen molar-refractivity contribution >= 4 is 27.8 Å². The number of aromatic nitrogens is 1. The summed E-state index contributed by atoms with van der Waals surface area (Å²) >= 11 is 3.24. The second-order valence-electron chi connectivity index (χ2n) is 4.50. The van der Waals surface area contributed by atoms with Gasteiger partial charge in [0.05, 0.1) is 0 Å². The summed E-state index contributed by atoms with van der Waals surface area (Å²) < 4.78 is 0.779. The van der Waals surface area contributed by atoms with Crippen LogP contribution in [0.3, 0.4) is 0 Å². The predicted molar refractivity (Wildman–Crippen MR) is 68.2 cm³/mol. The number of carboxylic acids is 1. The topological polar surface area (TPSA) is 70.5 Å². The van der Waals surface area contributed by atoms with Crippen LogP contribution in [0.2, 0.25) is 0 Å². The van der Waals surface area contributed by atoms with Crippen molar-refractivity contribution in [2.24, 2.45) is 0 Å². The summed E-state index contributed by atoms with van der Waals surface area (Å²) in [5, 5.41) is 9.26. The molecule has 0 aliphatic carbocycles. The second kappa shape index (κ2) is 4.68. The monoisotopic (exact) mass is 312 g/mol. The van der Waals surface area contributed by atoms with E-state index in [9.17, 15) is 14.7 Å². The zero-order valence-electron chi connectivity index (χ0n) is 9.89. The molecule has 0 radical (unpaired) electrons. The average molecular weight is 313 g/mol. The van der Waals surface area contributed by atoms with Gasteiger partial charge in [-0.15, -0.1) is 0 Å². The van der Waals surface area contributed by atoms with Crippen molar-refractivity contribution in [2.45, 2.75) is 25.3 Å². The van der Waals surface area contributed by atoms with Crippen molar-refractivity contribution in [2.75, 3.05) is 6.54 Å². The Hall–Kier alpha value is -1.43. The summed E-state index contributed by atoms with van der Waals surface area (Å²) in [5.41, 5.74) is -0.848. The van der Waals surface area contributed by atoms with Crippen LogP contribution in [0.4, 0.5) is 0 Å². The van der Waals surface area contributed by atoms with E-state index in [-0.39, 0.29) is 11.6 Å². The number of aliphatic carboxylic acids is 1. The van der Waals surface area contributed by atoms with Gasteiger partial charge in [-0.25, -0.2) is 9.78 Å². The van der Waals surface area contributed by atoms with Crippen LogP contribution >= 0.6 is 15.9 Å². The zero-order valence-corrected chi connectivity index (χ0v) is 11.5. The Bertz CT molecular complexity index is 489. The Kier molecular flexibility index (Phi) is 3.38. The molecule has 96 valence electrons. The van der Waals surface area contributed by atoms with Gasteiger partial charge in [-0.3, -0.25) is 4.79 Å². The number of rotatable bonds is 2. The Morgan fingerprint density at radius 2 is 2.22 bits per heavy atom. The van der Waals surface area contributed by atoms with Gasteiger partial charge in [0.1, 0.15) is 11.2 Å². The number of pyridine rings is 1. The second-order valence-corrected chi connectivity index (χ2v) is 5.42. The molecule has 1 amide bonds. The summed E-state index contributed by atoms with van der Waals surface area (Å²) in [6, 6.07) is 3.31. The Morgan fingerprint density at radius 3 is 2.78 bits per heavy atom. The van der Waals surface area contributed by atoms with Gasteiger partial charge in [-0.05, 0) is 47.8 Å². The minimum atomic E-state index is -1.12. The van der Waals surface area contributed by atoms with Crippen LogP contribution in [-0.4, -0.2) is 39.0 Å². The molecule has 1 atom stereocenters. The lowest BCUT2D eigenvalue weighted by Gasteiger charge is -2.30. The molecule has 0 bridgehead atoms. The molecule has 6 heteroatoms. The van der Waals surface area contributed by atoms with Gasteiger partial charge in [0.25, 0.3) is 5.91 Å². The fourth-order valence-electron chi connectivity index (χ4n) is 2.15. The summed E-state index contributed by atoms with van der Waals surface area (Å²) in [4.78, 5) is 29.0. The summed E-state index contributed by atoms with van der Waals surface area (Å²) in [7, 11) is 0. The molecule has 1 aromatic heterocycles. The molecular weight excluding hydrogens is 300 g/mol. The standard InChI is InChI=1S/C12H13BrN2O3/c1-12(11(17)18)5-2-6-15(12)10(16)9-4-3-8(13)7-14-9/h3-4,7H,2,5-6H2,1H3,(H,17,18). The highest BCUT2D eigenvalue weighted by molar-refractivity contribution is 9.10. The molecule has 0 spiro atoms. The SMILES string of the molecule is CC1(C(=O)O)CCCN1C(=O)c1ccc(Br)cn1. The number of hydrogen-bond donors (Lipinski definition) is 1. The molecule has 1 N–H and O–H groups in total. The van der Waals surface area contributed by atoms with Gasteiger partial charge in [0.2, 0.25) is 0 Å². The minimum absolute atomic E-state index is 0.271. The van der Waals surface area contributed by atoms with Crippen molar-refractivity contribution < 1.29 is 14.7 Å². The van der Waals surface area contributed by atoms with Crippen molar-refractivity contribution in [1.29, 1.82) is 0 Å². The molecule has 1 saturated heterocycles. The van der Waals surface area contributed by atoms with E-state index in [4.69, 9.17) is 0 Å². The number of carboxylic acid groups (broad SMARTS) is 1. The summed E-state index contributed by atoms with van der Waals surface area (Å²) in [6.07, 6.45) is 2.71. The number of hydrogen-bond acceptors (Lipinski definition) is 3. The molecule has 18 heavy (non-hydrogen) atoms. The number of nitrogens with zero attached hydrogens (tertiary/aromatic N) is 2. The minimum Gasteiger partial charge on any atom is -0.480 e. The van der Waals surface area contributed by atoms with Crippen molar-refractivity contribution in [3.8, 4) is 0 Å². The van der Waals surface area contributed by atoms with E-state index in [1.807, 2.05) is 0 Å². The number of amides is 1. The first-order valence-corrected chi connectivity index (χ1v) is 6.41. The van der Waals surface area contributed by atoms with E-state index in [0.717, 1.165) is 4.47 Å². The fourth-order valence-corrected chi connectivity index (χ4v) is 2.39. The normalized spacial score (nSPS) is 23.1. The molecule has 1 aliphatic heterocycles. The highest BCUT2D eigenvalue weighted by Gasteiger charge is 2.46. The first kappa shape index (κ1) is 13.0. The van der Waals surface area contributed by atoms with Gasteiger partial charge < -0.3 is 10.0 Å². The number of likely N-dealkylation sites (tertiary alicyclic amines) is 1. The third kappa shape index (κ3) is 2.12. The van der Waals surface area contributed by atoms with E-state index in [0.29, 0.717) is 19.4 Å². The first-order chi connectivity index (χ1) is 8.45. The van der Waals surface area contributed by atoms with Crippen LogP contribution in [0, 0.1) is 0 Å². The molecular formula is C12H13BrN2O3. The average Bonchev–Trinajstić information content (AvgIpc) is 2.73. The van der Waals surface area contributed by atoms with Crippen LogP contribution in [-0.2, 0) is 4.79 Å². The third-order valence-corrected chi connectivity index (χ3v) is 3.76. The molecule has 0 saturated carbocycles. The van der Waals surface area contributed by atoms with Gasteiger partial charge in [0, 0.05) is 17.2 Å². The maximum Gasteiger partial charge on any atom is 0.329 e. The van der Waals surface area contributed by atoms with Crippen LogP contribution in [0.1, 0.15) is 30.3 Å². The summed E-state index contributed by atoms with van der Waals surface area (Å²) in [5.74, 6) is -1.30. The van der Waals surface area contributed by atoms with Crippen LogP contribution < -0.4 is 0 Å². The van der Waals surface area contributed by atoms with Gasteiger partial charge in [-0.1, -0.05) is 0 Å². The number of carbonyl (C=O) groups excluding carboxylic acids is 1. The molecule has 1 aliphatic rings. The molecule has 1 fully saturated rings. The Morgan fingerprint density at radius 1 is 1.50 bits per heavy atom. The third-order valence-electron chi connectivity index (χ3n) is 3.29. The zero-order chi connectivity index (χ0) is 13.3. The highest BCUT2D eigenvalue weighted by atomic mass is 79.9. The quantitative estimate of drug-likeness (QED) is 0.905. The van der Waals surface area contributed by atoms with E-state index in [1.165, 1.54) is 11.1 Å². The lowest BCUT2D eigenvalue weighted by molar-refractivity contribution is -0.147. The van der Waals surface area contributed by atoms with Crippen LogP contribution in [0.5, 0.6) is 0 Å². The molecule has 0 aromatic carbocycles. The maximum absolute atomic E-state index is 12.3.